The van der Waals surface area contributed by atoms with Crippen LogP contribution >= 0.6 is 0 Å². The Kier molecular flexibility index (Phi) is 1.50. The summed E-state index contributed by atoms with van der Waals surface area (Å²) in [5, 5.41) is 1.50. The number of amides is 3. The number of nitrogens with zero attached hydrogens (tertiary/aromatic N) is 1. The molecule has 1 fully saturated rings. The summed E-state index contributed by atoms with van der Waals surface area (Å²) in [6.07, 6.45) is -4.77. The summed E-state index contributed by atoms with van der Waals surface area (Å²) in [7, 11) is 0. The molecule has 11 heavy (non-hydrogen) atoms. The highest BCUT2D eigenvalue weighted by Crippen LogP contribution is 2.22. The van der Waals surface area contributed by atoms with Crippen LogP contribution in [0.3, 0.4) is 0 Å². The molecule has 1 heterocycles. The quantitative estimate of drug-likeness (QED) is 0.410. The molecule has 1 aliphatic rings. The predicted octanol–water partition coefficient (Wildman–Crippen LogP) is 0.0580. The van der Waals surface area contributed by atoms with Gasteiger partial charge < -0.3 is 0 Å². The second kappa shape index (κ2) is 2.11. The molecule has 0 aromatic rings. The molecular formula is C4H3F3N2O2. The number of carbonyl (C=O) groups is 2. The normalized spacial score (nSPS) is 19.0. The van der Waals surface area contributed by atoms with Crippen molar-refractivity contribution in [1.29, 1.82) is 0 Å². The minimum absolute atomic E-state index is 0.491. The summed E-state index contributed by atoms with van der Waals surface area (Å²) in [5.74, 6) is -0.938. The molecule has 0 atom stereocenters. The SMILES string of the molecule is O=C1CN(C(F)(F)F)C(=O)N1. The monoisotopic (exact) mass is 168 g/mol. The molecule has 0 saturated carbocycles. The first-order chi connectivity index (χ1) is 4.91. The van der Waals surface area contributed by atoms with Crippen LogP contribution in [0.25, 0.3) is 0 Å². The molecule has 0 aromatic heterocycles. The molecule has 3 amide bonds. The summed E-state index contributed by atoms with van der Waals surface area (Å²) in [5.41, 5.74) is 0. The van der Waals surface area contributed by atoms with Crippen LogP contribution in [-0.2, 0) is 4.79 Å². The fraction of sp³-hybridized carbons (Fsp3) is 0.500. The Balaban J connectivity index is 2.76. The van der Waals surface area contributed by atoms with Gasteiger partial charge in [-0.3, -0.25) is 10.1 Å². The van der Waals surface area contributed by atoms with Gasteiger partial charge in [0.15, 0.2) is 0 Å². The largest absolute Gasteiger partial charge is 0.489 e. The lowest BCUT2D eigenvalue weighted by molar-refractivity contribution is -0.218. The van der Waals surface area contributed by atoms with Crippen molar-refractivity contribution in [2.45, 2.75) is 6.30 Å². The van der Waals surface area contributed by atoms with Gasteiger partial charge in [-0.15, -0.1) is 13.2 Å². The van der Waals surface area contributed by atoms with Crippen LogP contribution < -0.4 is 5.32 Å². The van der Waals surface area contributed by atoms with Crippen molar-refractivity contribution in [3.8, 4) is 0 Å². The highest BCUT2D eigenvalue weighted by molar-refractivity contribution is 6.02. The van der Waals surface area contributed by atoms with Gasteiger partial charge in [-0.05, 0) is 0 Å². The van der Waals surface area contributed by atoms with E-state index in [1.165, 1.54) is 5.32 Å². The van der Waals surface area contributed by atoms with Gasteiger partial charge in [0, 0.05) is 0 Å². The molecular weight excluding hydrogens is 165 g/mol. The molecule has 0 unspecified atom stereocenters. The smallest absolute Gasteiger partial charge is 0.276 e. The van der Waals surface area contributed by atoms with Gasteiger partial charge in [-0.1, -0.05) is 0 Å². The summed E-state index contributed by atoms with van der Waals surface area (Å²) in [4.78, 5) is 20.1. The molecule has 62 valence electrons. The summed E-state index contributed by atoms with van der Waals surface area (Å²) in [6.45, 7) is -0.942. The second-order valence-electron chi connectivity index (χ2n) is 1.91. The first-order valence-electron chi connectivity index (χ1n) is 2.59. The van der Waals surface area contributed by atoms with Crippen molar-refractivity contribution in [3.63, 3.8) is 0 Å². The summed E-state index contributed by atoms with van der Waals surface area (Å²) in [6, 6.07) is -1.41. The van der Waals surface area contributed by atoms with E-state index in [2.05, 4.69) is 0 Å². The van der Waals surface area contributed by atoms with Gasteiger partial charge in [-0.25, -0.2) is 9.69 Å². The average molecular weight is 168 g/mol. The van der Waals surface area contributed by atoms with Gasteiger partial charge in [-0.2, -0.15) is 0 Å². The van der Waals surface area contributed by atoms with Crippen LogP contribution in [0.4, 0.5) is 18.0 Å². The second-order valence-corrected chi connectivity index (χ2v) is 1.91. The molecule has 1 N–H and O–H groups in total. The van der Waals surface area contributed by atoms with Gasteiger partial charge in [0.25, 0.3) is 0 Å². The lowest BCUT2D eigenvalue weighted by Gasteiger charge is -2.15. The van der Waals surface area contributed by atoms with E-state index in [9.17, 15) is 22.8 Å². The van der Waals surface area contributed by atoms with Crippen molar-refractivity contribution >= 4 is 11.9 Å². The van der Waals surface area contributed by atoms with Crippen LogP contribution in [0.5, 0.6) is 0 Å². The van der Waals surface area contributed by atoms with E-state index >= 15 is 0 Å². The molecule has 0 radical (unpaired) electrons. The van der Waals surface area contributed by atoms with Gasteiger partial charge >= 0.3 is 12.3 Å². The lowest BCUT2D eigenvalue weighted by atomic mass is 10.6. The minimum Gasteiger partial charge on any atom is -0.276 e. The number of hydrogen-bond donors (Lipinski definition) is 1. The zero-order chi connectivity index (χ0) is 8.65. The molecule has 1 saturated heterocycles. The fourth-order valence-corrected chi connectivity index (χ4v) is 0.646. The first-order valence-corrected chi connectivity index (χ1v) is 2.59. The average Bonchev–Trinajstić information content (AvgIpc) is 2.08. The van der Waals surface area contributed by atoms with E-state index in [-0.39, 0.29) is 0 Å². The van der Waals surface area contributed by atoms with Crippen molar-refractivity contribution in [3.05, 3.63) is 0 Å². The van der Waals surface area contributed by atoms with E-state index in [1.807, 2.05) is 0 Å². The van der Waals surface area contributed by atoms with Gasteiger partial charge in [0.1, 0.15) is 6.54 Å². The zero-order valence-corrected chi connectivity index (χ0v) is 5.10. The van der Waals surface area contributed by atoms with E-state index in [0.29, 0.717) is 0 Å². The van der Waals surface area contributed by atoms with Crippen molar-refractivity contribution in [2.75, 3.05) is 6.54 Å². The standard InChI is InChI=1S/C4H3F3N2O2/c5-4(6,7)9-1-2(10)8-3(9)11/h1H2,(H,8,10,11). The molecule has 1 rings (SSSR count). The Labute approximate surface area is 59.0 Å². The Bertz CT molecular complexity index is 212. The van der Waals surface area contributed by atoms with Gasteiger partial charge in [0.05, 0.1) is 0 Å². The summed E-state index contributed by atoms with van der Waals surface area (Å²) < 4.78 is 35.1. The molecule has 7 heteroatoms. The topological polar surface area (TPSA) is 49.4 Å². The third-order valence-corrected chi connectivity index (χ3v) is 1.10. The number of hydrogen-bond acceptors (Lipinski definition) is 2. The summed E-state index contributed by atoms with van der Waals surface area (Å²) >= 11 is 0. The van der Waals surface area contributed by atoms with E-state index in [0.717, 1.165) is 0 Å². The van der Waals surface area contributed by atoms with E-state index < -0.39 is 29.7 Å². The number of alkyl halides is 3. The predicted molar refractivity (Wildman–Crippen MR) is 26.3 cm³/mol. The molecule has 0 bridgehead atoms. The molecule has 0 aliphatic carbocycles. The number of rotatable bonds is 0. The third-order valence-electron chi connectivity index (χ3n) is 1.10. The maximum atomic E-state index is 11.7. The number of carbonyl (C=O) groups excluding carboxylic acids is 2. The van der Waals surface area contributed by atoms with Gasteiger partial charge in [0.2, 0.25) is 5.91 Å². The molecule has 0 spiro atoms. The Hall–Kier alpha value is -1.27. The Morgan fingerprint density at radius 1 is 1.36 bits per heavy atom. The number of halogens is 3. The van der Waals surface area contributed by atoms with Crippen LogP contribution in [0.1, 0.15) is 0 Å². The first kappa shape index (κ1) is 7.83. The Morgan fingerprint density at radius 2 is 1.91 bits per heavy atom. The molecule has 1 aliphatic heterocycles. The molecule has 0 aromatic carbocycles. The number of nitrogens with one attached hydrogen (secondary N) is 1. The fourth-order valence-electron chi connectivity index (χ4n) is 0.646. The highest BCUT2D eigenvalue weighted by Gasteiger charge is 2.46. The third kappa shape index (κ3) is 1.41. The maximum absolute atomic E-state index is 11.7. The minimum atomic E-state index is -4.77. The van der Waals surface area contributed by atoms with Crippen LogP contribution in [0.15, 0.2) is 0 Å². The number of urea groups is 1. The van der Waals surface area contributed by atoms with E-state index in [1.54, 1.807) is 0 Å². The highest BCUT2D eigenvalue weighted by atomic mass is 19.4. The number of imide groups is 1. The van der Waals surface area contributed by atoms with Crippen LogP contribution in [0.2, 0.25) is 0 Å². The van der Waals surface area contributed by atoms with E-state index in [4.69, 9.17) is 0 Å². The molecule has 4 nitrogen and oxygen atoms in total. The zero-order valence-electron chi connectivity index (χ0n) is 5.10. The Morgan fingerprint density at radius 3 is 2.09 bits per heavy atom. The van der Waals surface area contributed by atoms with Crippen LogP contribution in [0, 0.1) is 0 Å². The lowest BCUT2D eigenvalue weighted by Crippen LogP contribution is -2.40. The van der Waals surface area contributed by atoms with Crippen molar-refractivity contribution in [2.24, 2.45) is 0 Å². The van der Waals surface area contributed by atoms with Crippen LogP contribution in [-0.4, -0.2) is 29.7 Å². The maximum Gasteiger partial charge on any atom is 0.489 e. The van der Waals surface area contributed by atoms with Crippen molar-refractivity contribution in [1.82, 2.24) is 10.2 Å². The van der Waals surface area contributed by atoms with Crippen molar-refractivity contribution < 1.29 is 22.8 Å².